The third kappa shape index (κ3) is 3.25. The fourth-order valence-electron chi connectivity index (χ4n) is 3.20. The maximum absolute atomic E-state index is 12.1. The molecule has 0 radical (unpaired) electrons. The van der Waals surface area contributed by atoms with Gasteiger partial charge in [0.15, 0.2) is 5.88 Å². The van der Waals surface area contributed by atoms with Crippen LogP contribution in [-0.2, 0) is 0 Å². The number of benzene rings is 3. The van der Waals surface area contributed by atoms with E-state index < -0.39 is 0 Å². The molecule has 5 nitrogen and oxygen atoms in total. The van der Waals surface area contributed by atoms with Gasteiger partial charge in [0.1, 0.15) is 0 Å². The van der Waals surface area contributed by atoms with Crippen LogP contribution in [0.3, 0.4) is 0 Å². The number of rotatable bonds is 4. The fraction of sp³-hybridized carbons (Fsp3) is 0.0435. The van der Waals surface area contributed by atoms with Gasteiger partial charge in [-0.25, -0.2) is 4.99 Å². The quantitative estimate of drug-likeness (QED) is 0.466. The molecule has 0 aliphatic heterocycles. The van der Waals surface area contributed by atoms with Gasteiger partial charge in [0.25, 0.3) is 5.91 Å². The Morgan fingerprint density at radius 1 is 0.929 bits per heavy atom. The maximum atomic E-state index is 12.1. The molecule has 0 spiro atoms. The number of hydrogen-bond donors (Lipinski definition) is 3. The molecule has 0 saturated carbocycles. The zero-order valence-corrected chi connectivity index (χ0v) is 15.3. The number of aliphatic imine (C=N–C) groups is 1. The molecule has 4 rings (SSSR count). The highest BCUT2D eigenvalue weighted by atomic mass is 16.3. The number of carbonyl (C=O) groups excluding carboxylic acids is 1. The second-order valence-electron chi connectivity index (χ2n) is 6.35. The summed E-state index contributed by atoms with van der Waals surface area (Å²) in [6, 6.07) is 24.5. The Bertz CT molecular complexity index is 1160. The lowest BCUT2D eigenvalue weighted by molar-refractivity contribution is 0.0963. The lowest BCUT2D eigenvalue weighted by atomic mass is 9.99. The molecule has 0 aliphatic rings. The molecule has 0 atom stereocenters. The highest BCUT2D eigenvalue weighted by Crippen LogP contribution is 2.32. The van der Waals surface area contributed by atoms with Crippen molar-refractivity contribution in [2.24, 2.45) is 4.99 Å². The van der Waals surface area contributed by atoms with E-state index in [9.17, 15) is 9.90 Å². The summed E-state index contributed by atoms with van der Waals surface area (Å²) in [5.74, 6) is -0.169. The number of fused-ring (bicyclic) bond motifs is 1. The Morgan fingerprint density at radius 3 is 2.29 bits per heavy atom. The maximum Gasteiger partial charge on any atom is 0.251 e. The Morgan fingerprint density at radius 2 is 1.61 bits per heavy atom. The zero-order chi connectivity index (χ0) is 19.5. The first kappa shape index (κ1) is 17.5. The summed E-state index contributed by atoms with van der Waals surface area (Å²) >= 11 is 0. The van der Waals surface area contributed by atoms with Gasteiger partial charge in [0.05, 0.1) is 17.0 Å². The molecule has 4 aromatic rings. The van der Waals surface area contributed by atoms with E-state index in [0.29, 0.717) is 16.8 Å². The van der Waals surface area contributed by atoms with E-state index in [1.165, 1.54) is 0 Å². The third-order valence-electron chi connectivity index (χ3n) is 4.55. The molecule has 28 heavy (non-hydrogen) atoms. The van der Waals surface area contributed by atoms with Gasteiger partial charge in [-0.2, -0.15) is 0 Å². The summed E-state index contributed by atoms with van der Waals surface area (Å²) < 4.78 is 0. The minimum Gasteiger partial charge on any atom is -0.494 e. The number of carbonyl (C=O) groups is 1. The van der Waals surface area contributed by atoms with Crippen LogP contribution >= 0.6 is 0 Å². The van der Waals surface area contributed by atoms with Crippen molar-refractivity contribution in [1.29, 1.82) is 0 Å². The van der Waals surface area contributed by atoms with Crippen molar-refractivity contribution >= 4 is 28.2 Å². The second-order valence-corrected chi connectivity index (χ2v) is 6.35. The van der Waals surface area contributed by atoms with Crippen molar-refractivity contribution in [1.82, 2.24) is 10.3 Å². The van der Waals surface area contributed by atoms with Gasteiger partial charge in [-0.05, 0) is 30.3 Å². The summed E-state index contributed by atoms with van der Waals surface area (Å²) in [5.41, 5.74) is 4.09. The topological polar surface area (TPSA) is 77.5 Å². The van der Waals surface area contributed by atoms with E-state index in [1.54, 1.807) is 25.2 Å². The van der Waals surface area contributed by atoms with Crippen molar-refractivity contribution in [2.45, 2.75) is 0 Å². The number of H-pyrrole nitrogens is 1. The summed E-state index contributed by atoms with van der Waals surface area (Å²) in [6.07, 6.45) is 0. The highest BCUT2D eigenvalue weighted by Gasteiger charge is 2.19. The van der Waals surface area contributed by atoms with Crippen molar-refractivity contribution in [3.63, 3.8) is 0 Å². The van der Waals surface area contributed by atoms with E-state index in [-0.39, 0.29) is 11.8 Å². The SMILES string of the molecule is CNC(=O)c1ccc2[nH]c(O)c(C(=Nc3ccccc3)c3ccccc3)c2c1. The first-order valence-electron chi connectivity index (χ1n) is 8.93. The van der Waals surface area contributed by atoms with Crippen molar-refractivity contribution < 1.29 is 9.90 Å². The first-order valence-corrected chi connectivity index (χ1v) is 8.93. The van der Waals surface area contributed by atoms with Crippen molar-refractivity contribution in [2.75, 3.05) is 7.05 Å². The minimum atomic E-state index is -0.185. The van der Waals surface area contributed by atoms with Gasteiger partial charge < -0.3 is 15.4 Å². The standard InChI is InChI=1S/C23H19N3O2/c1-24-22(27)16-12-13-19-18(14-16)20(23(28)26-19)21(15-8-4-2-5-9-15)25-17-10-6-3-7-11-17/h2-14,26,28H,1H3,(H,24,27). The number of aromatic hydroxyl groups is 1. The molecule has 0 saturated heterocycles. The van der Waals surface area contributed by atoms with Gasteiger partial charge in [-0.15, -0.1) is 0 Å². The van der Waals surface area contributed by atoms with Crippen LogP contribution in [0, 0.1) is 0 Å². The molecule has 1 heterocycles. The Kier molecular flexibility index (Phi) is 4.64. The van der Waals surface area contributed by atoms with Gasteiger partial charge in [-0.3, -0.25) is 4.79 Å². The number of nitrogens with one attached hydrogen (secondary N) is 2. The second kappa shape index (κ2) is 7.40. The lowest BCUT2D eigenvalue weighted by Crippen LogP contribution is -2.17. The van der Waals surface area contributed by atoms with Crippen LogP contribution in [0.4, 0.5) is 5.69 Å². The smallest absolute Gasteiger partial charge is 0.251 e. The summed E-state index contributed by atoms with van der Waals surface area (Å²) in [6.45, 7) is 0. The number of aromatic nitrogens is 1. The van der Waals surface area contributed by atoms with Gasteiger partial charge in [-0.1, -0.05) is 48.5 Å². The number of hydrogen-bond acceptors (Lipinski definition) is 3. The number of amides is 1. The fourth-order valence-corrected chi connectivity index (χ4v) is 3.20. The number of nitrogens with zero attached hydrogens (tertiary/aromatic N) is 1. The molecule has 0 bridgehead atoms. The average Bonchev–Trinajstić information content (AvgIpc) is 3.07. The van der Waals surface area contributed by atoms with E-state index >= 15 is 0 Å². The Labute approximate surface area is 162 Å². The molecule has 0 aliphatic carbocycles. The monoisotopic (exact) mass is 369 g/mol. The number of para-hydroxylation sites is 1. The predicted molar refractivity (Wildman–Crippen MR) is 112 cm³/mol. The first-order chi connectivity index (χ1) is 13.7. The van der Waals surface area contributed by atoms with E-state index in [4.69, 9.17) is 4.99 Å². The molecule has 138 valence electrons. The molecule has 0 fully saturated rings. The van der Waals surface area contributed by atoms with Crippen molar-refractivity contribution in [3.05, 3.63) is 95.6 Å². The number of aromatic amines is 1. The molecule has 3 N–H and O–H groups in total. The molecule has 0 unspecified atom stereocenters. The van der Waals surface area contributed by atoms with Crippen molar-refractivity contribution in [3.8, 4) is 5.88 Å². The van der Waals surface area contributed by atoms with Crippen LogP contribution in [0.25, 0.3) is 10.9 Å². The van der Waals surface area contributed by atoms with Gasteiger partial charge >= 0.3 is 0 Å². The molecule has 1 amide bonds. The van der Waals surface area contributed by atoms with Gasteiger partial charge in [0, 0.05) is 29.1 Å². The molecule has 1 aromatic heterocycles. The van der Waals surface area contributed by atoms with Crippen LogP contribution in [-0.4, -0.2) is 28.8 Å². The minimum absolute atomic E-state index is 0.0163. The average molecular weight is 369 g/mol. The summed E-state index contributed by atoms with van der Waals surface area (Å²) in [7, 11) is 1.59. The highest BCUT2D eigenvalue weighted by molar-refractivity contribution is 6.22. The zero-order valence-electron chi connectivity index (χ0n) is 15.3. The largest absolute Gasteiger partial charge is 0.494 e. The Balaban J connectivity index is 1.98. The molecular weight excluding hydrogens is 350 g/mol. The van der Waals surface area contributed by atoms with Gasteiger partial charge in [0.2, 0.25) is 0 Å². The molecular formula is C23H19N3O2. The predicted octanol–water partition coefficient (Wildman–Crippen LogP) is 4.40. The van der Waals surface area contributed by atoms with E-state index in [1.807, 2.05) is 60.7 Å². The van der Waals surface area contributed by atoms with Crippen LogP contribution in [0.15, 0.2) is 83.9 Å². The van der Waals surface area contributed by atoms with Crippen LogP contribution in [0.2, 0.25) is 0 Å². The summed E-state index contributed by atoms with van der Waals surface area (Å²) in [4.78, 5) is 19.9. The van der Waals surface area contributed by atoms with E-state index in [0.717, 1.165) is 22.2 Å². The van der Waals surface area contributed by atoms with Crippen LogP contribution in [0.1, 0.15) is 21.5 Å². The molecule has 3 aromatic carbocycles. The lowest BCUT2D eigenvalue weighted by Gasteiger charge is -2.08. The van der Waals surface area contributed by atoms with Crippen LogP contribution < -0.4 is 5.32 Å². The van der Waals surface area contributed by atoms with Crippen LogP contribution in [0.5, 0.6) is 5.88 Å². The summed E-state index contributed by atoms with van der Waals surface area (Å²) in [5, 5.41) is 14.1. The third-order valence-corrected chi connectivity index (χ3v) is 4.55. The van der Waals surface area contributed by atoms with E-state index in [2.05, 4.69) is 10.3 Å². The normalized spacial score (nSPS) is 11.5. The molecule has 5 heteroatoms. The Hall–Kier alpha value is -3.86.